The normalized spacial score (nSPS) is 12.9. The fourth-order valence-electron chi connectivity index (χ4n) is 1.71. The Labute approximate surface area is 113 Å². The van der Waals surface area contributed by atoms with Crippen LogP contribution < -0.4 is 0 Å². The van der Waals surface area contributed by atoms with Gasteiger partial charge in [-0.1, -0.05) is 19.9 Å². The van der Waals surface area contributed by atoms with E-state index in [1.807, 2.05) is 0 Å². The van der Waals surface area contributed by atoms with Gasteiger partial charge in [0.15, 0.2) is 0 Å². The predicted molar refractivity (Wildman–Crippen MR) is 69.6 cm³/mol. The third-order valence-corrected chi connectivity index (χ3v) is 5.77. The molecule has 0 N–H and O–H groups in total. The van der Waals surface area contributed by atoms with Gasteiger partial charge >= 0.3 is 10.2 Å². The number of sulfonamides is 1. The Morgan fingerprint density at radius 3 is 2.05 bits per heavy atom. The summed E-state index contributed by atoms with van der Waals surface area (Å²) < 4.78 is 60.5. The molecule has 0 amide bonds. The first-order valence-electron chi connectivity index (χ1n) is 5.70. The Bertz CT molecular complexity index is 664. The summed E-state index contributed by atoms with van der Waals surface area (Å²) in [5.41, 5.74) is 0.374. The standard InChI is InChI=1S/C11H16FNO4S2/c1-4-13(5-2)19(16,17)11-8-10(18(12,14)15)7-6-9(11)3/h6-8H,4-5H2,1-3H3. The second-order valence-corrected chi connectivity index (χ2v) is 7.21. The first-order valence-corrected chi connectivity index (χ1v) is 8.52. The first kappa shape index (κ1) is 16.1. The maximum absolute atomic E-state index is 12.9. The lowest BCUT2D eigenvalue weighted by molar-refractivity contribution is 0.444. The van der Waals surface area contributed by atoms with Gasteiger partial charge in [-0.3, -0.25) is 0 Å². The highest BCUT2D eigenvalue weighted by molar-refractivity contribution is 7.89. The minimum atomic E-state index is -4.92. The van der Waals surface area contributed by atoms with Gasteiger partial charge < -0.3 is 0 Å². The van der Waals surface area contributed by atoms with Crippen LogP contribution in [0.1, 0.15) is 19.4 Å². The van der Waals surface area contributed by atoms with Crippen LogP contribution in [0.15, 0.2) is 28.0 Å². The maximum Gasteiger partial charge on any atom is 0.332 e. The van der Waals surface area contributed by atoms with Crippen molar-refractivity contribution in [3.63, 3.8) is 0 Å². The molecule has 1 aromatic rings. The van der Waals surface area contributed by atoms with Crippen LogP contribution in [-0.2, 0) is 20.2 Å². The summed E-state index contributed by atoms with van der Waals surface area (Å²) >= 11 is 0. The fourth-order valence-corrected chi connectivity index (χ4v) is 3.99. The third kappa shape index (κ3) is 3.31. The molecule has 0 bridgehead atoms. The van der Waals surface area contributed by atoms with Gasteiger partial charge in [0.25, 0.3) is 0 Å². The van der Waals surface area contributed by atoms with Gasteiger partial charge in [0, 0.05) is 13.1 Å². The van der Waals surface area contributed by atoms with E-state index in [1.54, 1.807) is 13.8 Å². The number of hydrogen-bond donors (Lipinski definition) is 0. The van der Waals surface area contributed by atoms with Crippen LogP contribution in [-0.4, -0.2) is 34.2 Å². The van der Waals surface area contributed by atoms with Crippen LogP contribution >= 0.6 is 0 Å². The molecule has 0 aromatic heterocycles. The third-order valence-electron chi connectivity index (χ3n) is 2.76. The second kappa shape index (κ2) is 5.56. The highest BCUT2D eigenvalue weighted by atomic mass is 32.3. The smallest absolute Gasteiger partial charge is 0.207 e. The fraction of sp³-hybridized carbons (Fsp3) is 0.455. The van der Waals surface area contributed by atoms with Crippen molar-refractivity contribution in [3.8, 4) is 0 Å². The monoisotopic (exact) mass is 309 g/mol. The van der Waals surface area contributed by atoms with Crippen molar-refractivity contribution in [2.24, 2.45) is 0 Å². The van der Waals surface area contributed by atoms with Gasteiger partial charge in [-0.2, -0.15) is 12.7 Å². The van der Waals surface area contributed by atoms with Crippen LogP contribution in [0.2, 0.25) is 0 Å². The maximum atomic E-state index is 12.9. The molecule has 0 saturated carbocycles. The van der Waals surface area contributed by atoms with Crippen LogP contribution in [0.5, 0.6) is 0 Å². The summed E-state index contributed by atoms with van der Waals surface area (Å²) in [5, 5.41) is 0. The molecule has 0 fully saturated rings. The Hall–Kier alpha value is -0.990. The van der Waals surface area contributed by atoms with E-state index in [2.05, 4.69) is 0 Å². The molecule has 0 atom stereocenters. The van der Waals surface area contributed by atoms with Crippen molar-refractivity contribution >= 4 is 20.2 Å². The molecule has 0 aliphatic heterocycles. The van der Waals surface area contributed by atoms with E-state index < -0.39 is 25.1 Å². The molecule has 0 unspecified atom stereocenters. The van der Waals surface area contributed by atoms with E-state index in [0.29, 0.717) is 5.56 Å². The van der Waals surface area contributed by atoms with Gasteiger partial charge in [0.2, 0.25) is 10.0 Å². The Morgan fingerprint density at radius 2 is 1.63 bits per heavy atom. The van der Waals surface area contributed by atoms with Crippen LogP contribution in [0, 0.1) is 6.92 Å². The zero-order valence-corrected chi connectivity index (χ0v) is 12.6. The molecule has 0 aliphatic rings. The molecule has 1 rings (SSSR count). The molecule has 0 spiro atoms. The van der Waals surface area contributed by atoms with E-state index in [0.717, 1.165) is 12.1 Å². The summed E-state index contributed by atoms with van der Waals surface area (Å²) in [6.07, 6.45) is 0. The highest BCUT2D eigenvalue weighted by Crippen LogP contribution is 2.24. The lowest BCUT2D eigenvalue weighted by atomic mass is 10.2. The van der Waals surface area contributed by atoms with E-state index in [1.165, 1.54) is 17.3 Å². The van der Waals surface area contributed by atoms with E-state index in [-0.39, 0.29) is 18.0 Å². The van der Waals surface area contributed by atoms with Crippen LogP contribution in [0.3, 0.4) is 0 Å². The molecule has 19 heavy (non-hydrogen) atoms. The Morgan fingerprint density at radius 1 is 1.11 bits per heavy atom. The van der Waals surface area contributed by atoms with E-state index in [9.17, 15) is 20.7 Å². The minimum absolute atomic E-state index is 0.185. The molecule has 1 aromatic carbocycles. The molecular formula is C11H16FNO4S2. The molecule has 0 radical (unpaired) electrons. The number of aryl methyl sites for hydroxylation is 1. The number of halogens is 1. The summed E-state index contributed by atoms with van der Waals surface area (Å²) in [6, 6.07) is 3.19. The molecule has 0 heterocycles. The molecular weight excluding hydrogens is 293 g/mol. The van der Waals surface area contributed by atoms with Crippen LogP contribution in [0.25, 0.3) is 0 Å². The minimum Gasteiger partial charge on any atom is -0.207 e. The van der Waals surface area contributed by atoms with E-state index in [4.69, 9.17) is 0 Å². The highest BCUT2D eigenvalue weighted by Gasteiger charge is 2.25. The Kier molecular flexibility index (Phi) is 4.70. The lowest BCUT2D eigenvalue weighted by Gasteiger charge is -2.19. The molecule has 0 saturated heterocycles. The van der Waals surface area contributed by atoms with Crippen molar-refractivity contribution in [1.82, 2.24) is 4.31 Å². The average molecular weight is 309 g/mol. The van der Waals surface area contributed by atoms with Gasteiger partial charge in [0.1, 0.15) is 0 Å². The second-order valence-electron chi connectivity index (χ2n) is 3.95. The lowest BCUT2D eigenvalue weighted by Crippen LogP contribution is -2.31. The summed E-state index contributed by atoms with van der Waals surface area (Å²) in [4.78, 5) is -0.834. The van der Waals surface area contributed by atoms with Gasteiger partial charge in [0.05, 0.1) is 9.79 Å². The number of rotatable bonds is 5. The van der Waals surface area contributed by atoms with Gasteiger partial charge in [-0.25, -0.2) is 8.42 Å². The van der Waals surface area contributed by atoms with Gasteiger partial charge in [-0.15, -0.1) is 3.89 Å². The average Bonchev–Trinajstić information content (AvgIpc) is 2.28. The molecule has 0 aliphatic carbocycles. The van der Waals surface area contributed by atoms with Gasteiger partial charge in [-0.05, 0) is 24.6 Å². The van der Waals surface area contributed by atoms with Crippen molar-refractivity contribution in [2.45, 2.75) is 30.6 Å². The molecule has 8 heteroatoms. The zero-order chi connectivity index (χ0) is 14.8. The van der Waals surface area contributed by atoms with Crippen molar-refractivity contribution < 1.29 is 20.7 Å². The number of nitrogens with zero attached hydrogens (tertiary/aromatic N) is 1. The Balaban J connectivity index is 3.51. The van der Waals surface area contributed by atoms with Crippen molar-refractivity contribution in [3.05, 3.63) is 23.8 Å². The zero-order valence-electron chi connectivity index (χ0n) is 10.9. The largest absolute Gasteiger partial charge is 0.332 e. The first-order chi connectivity index (χ1) is 8.64. The van der Waals surface area contributed by atoms with Crippen LogP contribution in [0.4, 0.5) is 3.89 Å². The number of benzene rings is 1. The molecule has 5 nitrogen and oxygen atoms in total. The van der Waals surface area contributed by atoms with Crippen molar-refractivity contribution in [2.75, 3.05) is 13.1 Å². The SMILES string of the molecule is CCN(CC)S(=O)(=O)c1cc(S(=O)(=O)F)ccc1C. The topological polar surface area (TPSA) is 71.5 Å². The van der Waals surface area contributed by atoms with E-state index >= 15 is 0 Å². The summed E-state index contributed by atoms with van der Waals surface area (Å²) in [6.45, 7) is 5.39. The summed E-state index contributed by atoms with van der Waals surface area (Å²) in [7, 11) is -8.74. The van der Waals surface area contributed by atoms with Crippen molar-refractivity contribution in [1.29, 1.82) is 0 Å². The number of hydrogen-bond acceptors (Lipinski definition) is 4. The summed E-state index contributed by atoms with van der Waals surface area (Å²) in [5.74, 6) is 0. The predicted octanol–water partition coefficient (Wildman–Crippen LogP) is 1.68. The quantitative estimate of drug-likeness (QED) is 0.776. The molecule has 108 valence electrons.